The van der Waals surface area contributed by atoms with Crippen LogP contribution in [0.25, 0.3) is 0 Å². The van der Waals surface area contributed by atoms with Gasteiger partial charge in [-0.2, -0.15) is 0 Å². The number of likely N-dealkylation sites (tertiary alicyclic amines) is 1. The number of hydrogen-bond acceptors (Lipinski definition) is 4. The van der Waals surface area contributed by atoms with Gasteiger partial charge in [0.1, 0.15) is 11.4 Å². The second-order valence-corrected chi connectivity index (χ2v) is 8.23. The van der Waals surface area contributed by atoms with E-state index in [1.165, 1.54) is 0 Å². The Morgan fingerprint density at radius 1 is 1.26 bits per heavy atom. The number of benzene rings is 1. The van der Waals surface area contributed by atoms with Gasteiger partial charge in [0, 0.05) is 24.7 Å². The minimum Gasteiger partial charge on any atom is -0.493 e. The topological polar surface area (TPSA) is 67.9 Å². The number of hydrogen-bond donors (Lipinski definition) is 1. The van der Waals surface area contributed by atoms with E-state index >= 15 is 0 Å². The SMILES string of the molecule is CC(C)(C)OC(=O)N1CCCC(CNC(=O)CCOc2ccc(Cl)cc2)C1. The molecule has 1 aliphatic rings. The van der Waals surface area contributed by atoms with E-state index in [9.17, 15) is 9.59 Å². The number of carbonyl (C=O) groups excluding carboxylic acids is 2. The molecule has 1 saturated heterocycles. The maximum Gasteiger partial charge on any atom is 0.410 e. The van der Waals surface area contributed by atoms with Crippen LogP contribution in [0.1, 0.15) is 40.0 Å². The van der Waals surface area contributed by atoms with Crippen molar-refractivity contribution in [3.05, 3.63) is 29.3 Å². The molecule has 6 nitrogen and oxygen atoms in total. The van der Waals surface area contributed by atoms with Crippen molar-refractivity contribution in [3.63, 3.8) is 0 Å². The van der Waals surface area contributed by atoms with Crippen LogP contribution in [0.15, 0.2) is 24.3 Å². The zero-order valence-electron chi connectivity index (χ0n) is 16.3. The van der Waals surface area contributed by atoms with Crippen molar-refractivity contribution in [1.82, 2.24) is 10.2 Å². The van der Waals surface area contributed by atoms with E-state index in [2.05, 4.69) is 5.32 Å². The van der Waals surface area contributed by atoms with Crippen molar-refractivity contribution in [2.45, 2.75) is 45.6 Å². The maximum atomic E-state index is 12.2. The number of nitrogens with one attached hydrogen (secondary N) is 1. The second kappa shape index (κ2) is 9.83. The molecule has 0 saturated carbocycles. The Bertz CT molecular complexity index is 628. The third-order valence-corrected chi connectivity index (χ3v) is 4.42. The summed E-state index contributed by atoms with van der Waals surface area (Å²) in [5.74, 6) is 0.873. The molecule has 1 aromatic carbocycles. The first-order chi connectivity index (χ1) is 12.7. The van der Waals surface area contributed by atoms with E-state index < -0.39 is 5.60 Å². The zero-order chi connectivity index (χ0) is 19.9. The number of rotatable bonds is 6. The van der Waals surface area contributed by atoms with Gasteiger partial charge in [-0.1, -0.05) is 11.6 Å². The fourth-order valence-electron chi connectivity index (χ4n) is 2.86. The van der Waals surface area contributed by atoms with Gasteiger partial charge >= 0.3 is 6.09 Å². The standard InChI is InChI=1S/C20H29ClN2O4/c1-20(2,3)27-19(25)23-11-4-5-15(14-23)13-22-18(24)10-12-26-17-8-6-16(21)7-9-17/h6-9,15H,4-5,10-14H2,1-3H3,(H,22,24). The van der Waals surface area contributed by atoms with Gasteiger partial charge in [-0.25, -0.2) is 4.79 Å². The number of piperidine rings is 1. The van der Waals surface area contributed by atoms with E-state index in [-0.39, 0.29) is 24.3 Å². The molecule has 27 heavy (non-hydrogen) atoms. The number of amides is 2. The highest BCUT2D eigenvalue weighted by molar-refractivity contribution is 6.30. The van der Waals surface area contributed by atoms with Crippen LogP contribution in [0, 0.1) is 5.92 Å². The van der Waals surface area contributed by atoms with Crippen LogP contribution in [0.5, 0.6) is 5.75 Å². The molecule has 1 N–H and O–H groups in total. The summed E-state index contributed by atoms with van der Waals surface area (Å²) in [5.41, 5.74) is -0.498. The first-order valence-electron chi connectivity index (χ1n) is 9.36. The molecule has 150 valence electrons. The van der Waals surface area contributed by atoms with Crippen LogP contribution in [-0.4, -0.2) is 48.7 Å². The molecule has 2 rings (SSSR count). The highest BCUT2D eigenvalue weighted by Crippen LogP contribution is 2.19. The van der Waals surface area contributed by atoms with Crippen molar-refractivity contribution in [2.75, 3.05) is 26.2 Å². The summed E-state index contributed by atoms with van der Waals surface area (Å²) < 4.78 is 11.0. The maximum absolute atomic E-state index is 12.2. The fraction of sp³-hybridized carbons (Fsp3) is 0.600. The molecule has 0 radical (unpaired) electrons. The summed E-state index contributed by atoms with van der Waals surface area (Å²) >= 11 is 5.82. The minimum atomic E-state index is -0.498. The van der Waals surface area contributed by atoms with Crippen LogP contribution >= 0.6 is 11.6 Å². The molecule has 1 aromatic rings. The predicted octanol–water partition coefficient (Wildman–Crippen LogP) is 3.87. The van der Waals surface area contributed by atoms with Gasteiger partial charge in [-0.05, 0) is 63.8 Å². The largest absolute Gasteiger partial charge is 0.493 e. The van der Waals surface area contributed by atoms with Gasteiger partial charge < -0.3 is 19.7 Å². The van der Waals surface area contributed by atoms with Gasteiger partial charge in [0.25, 0.3) is 0 Å². The Morgan fingerprint density at radius 3 is 2.63 bits per heavy atom. The lowest BCUT2D eigenvalue weighted by Crippen LogP contribution is -2.45. The van der Waals surface area contributed by atoms with Gasteiger partial charge in [0.2, 0.25) is 5.91 Å². The van der Waals surface area contributed by atoms with Crippen molar-refractivity contribution in [1.29, 1.82) is 0 Å². The van der Waals surface area contributed by atoms with Crippen molar-refractivity contribution in [2.24, 2.45) is 5.92 Å². The molecule has 1 fully saturated rings. The van der Waals surface area contributed by atoms with E-state index in [1.807, 2.05) is 20.8 Å². The lowest BCUT2D eigenvalue weighted by molar-refractivity contribution is -0.121. The molecule has 1 heterocycles. The van der Waals surface area contributed by atoms with Crippen LogP contribution < -0.4 is 10.1 Å². The summed E-state index contributed by atoms with van der Waals surface area (Å²) in [6, 6.07) is 7.04. The monoisotopic (exact) mass is 396 g/mol. The summed E-state index contributed by atoms with van der Waals surface area (Å²) in [7, 11) is 0. The summed E-state index contributed by atoms with van der Waals surface area (Å²) in [6.45, 7) is 7.75. The van der Waals surface area contributed by atoms with Crippen molar-refractivity contribution in [3.8, 4) is 5.75 Å². The smallest absolute Gasteiger partial charge is 0.410 e. The minimum absolute atomic E-state index is 0.0571. The van der Waals surface area contributed by atoms with Crippen molar-refractivity contribution < 1.29 is 19.1 Å². The Kier molecular flexibility index (Phi) is 7.78. The van der Waals surface area contributed by atoms with Gasteiger partial charge in [0.15, 0.2) is 0 Å². The lowest BCUT2D eigenvalue weighted by atomic mass is 9.98. The first-order valence-corrected chi connectivity index (χ1v) is 9.74. The van der Waals surface area contributed by atoms with E-state index in [1.54, 1.807) is 29.2 Å². The molecular weight excluding hydrogens is 368 g/mol. The van der Waals surface area contributed by atoms with Crippen molar-refractivity contribution >= 4 is 23.6 Å². The lowest BCUT2D eigenvalue weighted by Gasteiger charge is -2.34. The number of halogens is 1. The van der Waals surface area contributed by atoms with Gasteiger partial charge in [-0.3, -0.25) is 4.79 Å². The van der Waals surface area contributed by atoms with Crippen LogP contribution in [0.4, 0.5) is 4.79 Å². The zero-order valence-corrected chi connectivity index (χ0v) is 17.1. The summed E-state index contributed by atoms with van der Waals surface area (Å²) in [6.07, 6.45) is 1.90. The van der Waals surface area contributed by atoms with Gasteiger partial charge in [-0.15, -0.1) is 0 Å². The molecule has 0 spiro atoms. The number of ether oxygens (including phenoxy) is 2. The van der Waals surface area contributed by atoms with Gasteiger partial charge in [0.05, 0.1) is 13.0 Å². The summed E-state index contributed by atoms with van der Waals surface area (Å²) in [5, 5.41) is 3.58. The predicted molar refractivity (Wildman–Crippen MR) is 105 cm³/mol. The third-order valence-electron chi connectivity index (χ3n) is 4.17. The van der Waals surface area contributed by atoms with Crippen LogP contribution in [-0.2, 0) is 9.53 Å². The molecular formula is C20H29ClN2O4. The number of nitrogens with zero attached hydrogens (tertiary/aromatic N) is 1. The Labute approximate surface area is 166 Å². The molecule has 0 aromatic heterocycles. The normalized spacial score (nSPS) is 17.3. The van der Waals surface area contributed by atoms with Crippen LogP contribution in [0.3, 0.4) is 0 Å². The molecule has 1 atom stereocenters. The highest BCUT2D eigenvalue weighted by Gasteiger charge is 2.27. The molecule has 2 amide bonds. The van der Waals surface area contributed by atoms with Crippen LogP contribution in [0.2, 0.25) is 5.02 Å². The highest BCUT2D eigenvalue weighted by atomic mass is 35.5. The third kappa shape index (κ3) is 8.08. The average molecular weight is 397 g/mol. The quantitative estimate of drug-likeness (QED) is 0.792. The molecule has 0 bridgehead atoms. The van der Waals surface area contributed by atoms with E-state index in [0.29, 0.717) is 37.0 Å². The Hall–Kier alpha value is -1.95. The Morgan fingerprint density at radius 2 is 1.96 bits per heavy atom. The molecule has 1 aliphatic heterocycles. The molecule has 7 heteroatoms. The second-order valence-electron chi connectivity index (χ2n) is 7.79. The summed E-state index contributed by atoms with van der Waals surface area (Å²) in [4.78, 5) is 25.9. The fourth-order valence-corrected chi connectivity index (χ4v) is 2.99. The average Bonchev–Trinajstić information content (AvgIpc) is 2.60. The van der Waals surface area contributed by atoms with E-state index in [4.69, 9.17) is 21.1 Å². The molecule has 0 aliphatic carbocycles. The van der Waals surface area contributed by atoms with E-state index in [0.717, 1.165) is 12.8 Å². The Balaban J connectivity index is 1.66. The number of carbonyl (C=O) groups is 2. The first kappa shape index (κ1) is 21.4. The molecule has 1 unspecified atom stereocenters.